The van der Waals surface area contributed by atoms with Gasteiger partial charge in [-0.2, -0.15) is 0 Å². The van der Waals surface area contributed by atoms with Crippen molar-refractivity contribution in [3.8, 4) is 11.1 Å². The van der Waals surface area contributed by atoms with Crippen LogP contribution in [-0.2, 0) is 0 Å². The second kappa shape index (κ2) is 3.79. The van der Waals surface area contributed by atoms with Crippen LogP contribution in [-0.4, -0.2) is 16.3 Å². The Bertz CT molecular complexity index is 440. The number of aromatic nitrogens is 2. The molecule has 0 aliphatic carbocycles. The molecular formula is C11H8N2O. The molecule has 0 aliphatic rings. The minimum atomic E-state index is 0.655. The normalized spacial score (nSPS) is 9.71. The van der Waals surface area contributed by atoms with Crippen LogP contribution in [0.2, 0.25) is 0 Å². The van der Waals surface area contributed by atoms with Crippen LogP contribution in [0.3, 0.4) is 0 Å². The van der Waals surface area contributed by atoms with Crippen molar-refractivity contribution in [2.45, 2.75) is 0 Å². The van der Waals surface area contributed by atoms with Crippen molar-refractivity contribution in [2.75, 3.05) is 0 Å². The molecule has 1 heterocycles. The second-order valence-electron chi connectivity index (χ2n) is 2.83. The maximum absolute atomic E-state index is 10.8. The fourth-order valence-corrected chi connectivity index (χ4v) is 1.30. The maximum atomic E-state index is 10.8. The molecule has 14 heavy (non-hydrogen) atoms. The van der Waals surface area contributed by atoms with Gasteiger partial charge in [-0.05, 0) is 5.56 Å². The van der Waals surface area contributed by atoms with Crippen LogP contribution in [0.5, 0.6) is 0 Å². The van der Waals surface area contributed by atoms with E-state index < -0.39 is 0 Å². The molecule has 1 aromatic heterocycles. The van der Waals surface area contributed by atoms with Gasteiger partial charge in [0.2, 0.25) is 0 Å². The molecule has 3 heteroatoms. The van der Waals surface area contributed by atoms with E-state index >= 15 is 0 Å². The van der Waals surface area contributed by atoms with Crippen molar-refractivity contribution >= 4 is 6.29 Å². The lowest BCUT2D eigenvalue weighted by Crippen LogP contribution is -1.88. The first-order chi connectivity index (χ1) is 6.92. The molecule has 3 nitrogen and oxygen atoms in total. The fraction of sp³-hybridized carbons (Fsp3) is 0. The third kappa shape index (κ3) is 1.52. The predicted octanol–water partition coefficient (Wildman–Crippen LogP) is 1.96. The third-order valence-electron chi connectivity index (χ3n) is 1.96. The minimum absolute atomic E-state index is 0.655. The van der Waals surface area contributed by atoms with Crippen LogP contribution < -0.4 is 0 Å². The van der Waals surface area contributed by atoms with Crippen molar-refractivity contribution < 1.29 is 4.79 Å². The summed E-state index contributed by atoms with van der Waals surface area (Å²) in [5.74, 6) is 0. The van der Waals surface area contributed by atoms with E-state index in [1.165, 1.54) is 6.33 Å². The van der Waals surface area contributed by atoms with Crippen molar-refractivity contribution in [1.82, 2.24) is 9.97 Å². The Balaban J connectivity index is 2.57. The number of aldehydes is 1. The van der Waals surface area contributed by atoms with Gasteiger partial charge in [0.25, 0.3) is 0 Å². The molecule has 0 radical (unpaired) electrons. The molecule has 0 saturated heterocycles. The van der Waals surface area contributed by atoms with E-state index in [9.17, 15) is 4.79 Å². The molecule has 0 spiro atoms. The third-order valence-corrected chi connectivity index (χ3v) is 1.96. The van der Waals surface area contributed by atoms with Gasteiger partial charge in [-0.1, -0.05) is 24.3 Å². The average Bonchev–Trinajstić information content (AvgIpc) is 2.30. The highest BCUT2D eigenvalue weighted by Gasteiger charge is 2.02. The van der Waals surface area contributed by atoms with E-state index in [-0.39, 0.29) is 0 Å². The van der Waals surface area contributed by atoms with E-state index in [2.05, 4.69) is 9.97 Å². The highest BCUT2D eigenvalue weighted by atomic mass is 16.1. The van der Waals surface area contributed by atoms with E-state index in [0.717, 1.165) is 17.4 Å². The Labute approximate surface area is 81.5 Å². The quantitative estimate of drug-likeness (QED) is 0.670. The van der Waals surface area contributed by atoms with Gasteiger partial charge in [-0.15, -0.1) is 0 Å². The molecule has 0 amide bonds. The SMILES string of the molecule is O=Cc1ccccc1-c1cncnc1. The molecule has 2 rings (SSSR count). The van der Waals surface area contributed by atoms with Gasteiger partial charge in [-0.25, -0.2) is 9.97 Å². The Hall–Kier alpha value is -2.03. The van der Waals surface area contributed by atoms with Crippen LogP contribution >= 0.6 is 0 Å². The largest absolute Gasteiger partial charge is 0.298 e. The number of rotatable bonds is 2. The van der Waals surface area contributed by atoms with Gasteiger partial charge >= 0.3 is 0 Å². The van der Waals surface area contributed by atoms with Crippen molar-refractivity contribution in [3.63, 3.8) is 0 Å². The molecule has 0 bridgehead atoms. The maximum Gasteiger partial charge on any atom is 0.150 e. The molecular weight excluding hydrogens is 176 g/mol. The molecule has 0 fully saturated rings. The van der Waals surface area contributed by atoms with Gasteiger partial charge < -0.3 is 0 Å². The number of hydrogen-bond donors (Lipinski definition) is 0. The number of nitrogens with zero attached hydrogens (tertiary/aromatic N) is 2. The van der Waals surface area contributed by atoms with Crippen molar-refractivity contribution in [2.24, 2.45) is 0 Å². The lowest BCUT2D eigenvalue weighted by atomic mass is 10.0. The second-order valence-corrected chi connectivity index (χ2v) is 2.83. The van der Waals surface area contributed by atoms with E-state index in [1.807, 2.05) is 18.2 Å². The molecule has 0 atom stereocenters. The summed E-state index contributed by atoms with van der Waals surface area (Å²) >= 11 is 0. The van der Waals surface area contributed by atoms with E-state index in [0.29, 0.717) is 5.56 Å². The van der Waals surface area contributed by atoms with Crippen LogP contribution in [0.4, 0.5) is 0 Å². The van der Waals surface area contributed by atoms with E-state index in [1.54, 1.807) is 18.5 Å². The number of benzene rings is 1. The van der Waals surface area contributed by atoms with Crippen LogP contribution in [0.1, 0.15) is 10.4 Å². The lowest BCUT2D eigenvalue weighted by Gasteiger charge is -2.02. The molecule has 0 unspecified atom stereocenters. The number of carbonyl (C=O) groups excluding carboxylic acids is 1. The number of carbonyl (C=O) groups is 1. The predicted molar refractivity (Wildman–Crippen MR) is 52.9 cm³/mol. The van der Waals surface area contributed by atoms with Gasteiger partial charge in [0.15, 0.2) is 6.29 Å². The zero-order valence-electron chi connectivity index (χ0n) is 7.42. The summed E-state index contributed by atoms with van der Waals surface area (Å²) in [5, 5.41) is 0. The van der Waals surface area contributed by atoms with Crippen LogP contribution in [0.15, 0.2) is 43.0 Å². The molecule has 1 aromatic carbocycles. The highest BCUT2D eigenvalue weighted by molar-refractivity contribution is 5.86. The molecule has 0 saturated carbocycles. The molecule has 0 aliphatic heterocycles. The average molecular weight is 184 g/mol. The monoisotopic (exact) mass is 184 g/mol. The Morgan fingerprint density at radius 3 is 2.50 bits per heavy atom. The smallest absolute Gasteiger partial charge is 0.150 e. The zero-order chi connectivity index (χ0) is 9.80. The Morgan fingerprint density at radius 2 is 1.79 bits per heavy atom. The molecule has 68 valence electrons. The van der Waals surface area contributed by atoms with Crippen molar-refractivity contribution in [3.05, 3.63) is 48.5 Å². The summed E-state index contributed by atoms with van der Waals surface area (Å²) in [7, 11) is 0. The van der Waals surface area contributed by atoms with Gasteiger partial charge in [0.1, 0.15) is 6.33 Å². The first-order valence-corrected chi connectivity index (χ1v) is 4.21. The van der Waals surface area contributed by atoms with Gasteiger partial charge in [-0.3, -0.25) is 4.79 Å². The zero-order valence-corrected chi connectivity index (χ0v) is 7.42. The van der Waals surface area contributed by atoms with E-state index in [4.69, 9.17) is 0 Å². The summed E-state index contributed by atoms with van der Waals surface area (Å²) < 4.78 is 0. The van der Waals surface area contributed by atoms with Crippen LogP contribution in [0.25, 0.3) is 11.1 Å². The molecule has 2 aromatic rings. The summed E-state index contributed by atoms with van der Waals surface area (Å²) in [4.78, 5) is 18.6. The first kappa shape index (κ1) is 8.56. The highest BCUT2D eigenvalue weighted by Crippen LogP contribution is 2.20. The summed E-state index contributed by atoms with van der Waals surface area (Å²) in [5.41, 5.74) is 2.38. The minimum Gasteiger partial charge on any atom is -0.298 e. The fourth-order valence-electron chi connectivity index (χ4n) is 1.30. The van der Waals surface area contributed by atoms with Crippen molar-refractivity contribution in [1.29, 1.82) is 0 Å². The molecule has 0 N–H and O–H groups in total. The topological polar surface area (TPSA) is 42.9 Å². The lowest BCUT2D eigenvalue weighted by molar-refractivity contribution is 0.112. The Kier molecular flexibility index (Phi) is 2.32. The first-order valence-electron chi connectivity index (χ1n) is 4.21. The summed E-state index contributed by atoms with van der Waals surface area (Å²) in [6.45, 7) is 0. The van der Waals surface area contributed by atoms with Crippen LogP contribution in [0, 0.1) is 0 Å². The summed E-state index contributed by atoms with van der Waals surface area (Å²) in [6, 6.07) is 7.37. The summed E-state index contributed by atoms with van der Waals surface area (Å²) in [6.07, 6.45) is 5.68. The number of hydrogen-bond acceptors (Lipinski definition) is 3. The van der Waals surface area contributed by atoms with Gasteiger partial charge in [0.05, 0.1) is 0 Å². The standard InChI is InChI=1S/C11H8N2O/c14-7-9-3-1-2-4-11(9)10-5-12-8-13-6-10/h1-8H. The Morgan fingerprint density at radius 1 is 1.07 bits per heavy atom. The van der Waals surface area contributed by atoms with Gasteiger partial charge in [0, 0.05) is 23.5 Å².